The molecule has 9 heteroatoms. The van der Waals surface area contributed by atoms with Crippen LogP contribution in [0.25, 0.3) is 0 Å². The predicted molar refractivity (Wildman–Crippen MR) is 95.1 cm³/mol. The van der Waals surface area contributed by atoms with Crippen molar-refractivity contribution in [3.05, 3.63) is 45.8 Å². The van der Waals surface area contributed by atoms with Gasteiger partial charge >= 0.3 is 0 Å². The minimum atomic E-state index is -0.323. The SMILES string of the molecule is NC(=O)C1CCN(C(=O)c2cc(COc3c(Cl)cccc3Cl)on2)CC1. The Morgan fingerprint density at radius 3 is 2.54 bits per heavy atom. The number of rotatable bonds is 5. The summed E-state index contributed by atoms with van der Waals surface area (Å²) in [6.07, 6.45) is 1.11. The smallest absolute Gasteiger partial charge is 0.276 e. The molecule has 1 saturated heterocycles. The molecule has 1 aliphatic rings. The maximum absolute atomic E-state index is 12.5. The molecule has 1 aromatic carbocycles. The minimum Gasteiger partial charge on any atom is -0.482 e. The standard InChI is InChI=1S/C17H17Cl2N3O4/c18-12-2-1-3-13(19)15(12)25-9-11-8-14(21-26-11)17(24)22-6-4-10(5-7-22)16(20)23/h1-3,8,10H,4-7,9H2,(H2,20,23). The number of carbonyl (C=O) groups is 2. The maximum Gasteiger partial charge on any atom is 0.276 e. The van der Waals surface area contributed by atoms with E-state index >= 15 is 0 Å². The molecule has 2 N–H and O–H groups in total. The molecule has 0 aliphatic carbocycles. The van der Waals surface area contributed by atoms with E-state index in [1.807, 2.05) is 0 Å². The summed E-state index contributed by atoms with van der Waals surface area (Å²) in [5, 5.41) is 4.56. The second-order valence-electron chi connectivity index (χ2n) is 5.99. The van der Waals surface area contributed by atoms with E-state index in [0.717, 1.165) is 0 Å². The Morgan fingerprint density at radius 2 is 1.92 bits per heavy atom. The van der Waals surface area contributed by atoms with E-state index in [2.05, 4.69) is 5.16 Å². The highest BCUT2D eigenvalue weighted by molar-refractivity contribution is 6.37. The number of ether oxygens (including phenoxy) is 1. The number of hydrogen-bond donors (Lipinski definition) is 1. The Balaban J connectivity index is 1.59. The lowest BCUT2D eigenvalue weighted by molar-refractivity contribution is -0.123. The molecule has 2 amide bonds. The molecule has 0 bridgehead atoms. The third kappa shape index (κ3) is 4.11. The zero-order valence-corrected chi connectivity index (χ0v) is 15.3. The van der Waals surface area contributed by atoms with Crippen LogP contribution in [0.3, 0.4) is 0 Å². The van der Waals surface area contributed by atoms with Crippen LogP contribution >= 0.6 is 23.2 Å². The first-order valence-corrected chi connectivity index (χ1v) is 8.82. The summed E-state index contributed by atoms with van der Waals surface area (Å²) >= 11 is 12.1. The van der Waals surface area contributed by atoms with Crippen molar-refractivity contribution in [3.63, 3.8) is 0 Å². The van der Waals surface area contributed by atoms with Gasteiger partial charge in [-0.25, -0.2) is 0 Å². The van der Waals surface area contributed by atoms with Gasteiger partial charge in [-0.1, -0.05) is 34.4 Å². The molecule has 0 unspecified atom stereocenters. The van der Waals surface area contributed by atoms with Gasteiger partial charge in [-0.05, 0) is 25.0 Å². The average molecular weight is 398 g/mol. The van der Waals surface area contributed by atoms with E-state index in [1.165, 1.54) is 6.07 Å². The lowest BCUT2D eigenvalue weighted by Gasteiger charge is -2.29. The van der Waals surface area contributed by atoms with Gasteiger partial charge in [-0.3, -0.25) is 9.59 Å². The van der Waals surface area contributed by atoms with Gasteiger partial charge in [-0.15, -0.1) is 0 Å². The second kappa shape index (κ2) is 7.97. The Hall–Kier alpha value is -2.25. The Morgan fingerprint density at radius 1 is 1.27 bits per heavy atom. The first-order valence-electron chi connectivity index (χ1n) is 8.06. The molecule has 1 fully saturated rings. The second-order valence-corrected chi connectivity index (χ2v) is 6.80. The molecular weight excluding hydrogens is 381 g/mol. The number of carbonyl (C=O) groups excluding carboxylic acids is 2. The van der Waals surface area contributed by atoms with Crippen LogP contribution in [0.15, 0.2) is 28.8 Å². The molecule has 2 aromatic rings. The van der Waals surface area contributed by atoms with E-state index in [4.69, 9.17) is 38.2 Å². The number of likely N-dealkylation sites (tertiary alicyclic amines) is 1. The Bertz CT molecular complexity index is 796. The summed E-state index contributed by atoms with van der Waals surface area (Å²) in [7, 11) is 0. The van der Waals surface area contributed by atoms with Crippen molar-refractivity contribution in [1.82, 2.24) is 10.1 Å². The molecule has 3 rings (SSSR count). The van der Waals surface area contributed by atoms with E-state index in [-0.39, 0.29) is 30.0 Å². The first-order chi connectivity index (χ1) is 12.5. The number of para-hydroxylation sites is 1. The zero-order valence-electron chi connectivity index (χ0n) is 13.8. The van der Waals surface area contributed by atoms with Crippen LogP contribution in [-0.4, -0.2) is 35.0 Å². The lowest BCUT2D eigenvalue weighted by atomic mass is 9.96. The number of hydrogen-bond acceptors (Lipinski definition) is 5. The monoisotopic (exact) mass is 397 g/mol. The fourth-order valence-electron chi connectivity index (χ4n) is 2.77. The molecule has 7 nitrogen and oxygen atoms in total. The number of nitrogens with zero attached hydrogens (tertiary/aromatic N) is 2. The number of halogens is 2. The van der Waals surface area contributed by atoms with Crippen LogP contribution in [0, 0.1) is 5.92 Å². The van der Waals surface area contributed by atoms with Crippen LogP contribution in [0.5, 0.6) is 5.75 Å². The summed E-state index contributed by atoms with van der Waals surface area (Å²) in [5.41, 5.74) is 5.49. The van der Waals surface area contributed by atoms with Gasteiger partial charge < -0.3 is 19.9 Å². The minimum absolute atomic E-state index is 0.0352. The summed E-state index contributed by atoms with van der Waals surface area (Å²) in [6.45, 7) is 0.953. The molecule has 0 radical (unpaired) electrons. The summed E-state index contributed by atoms with van der Waals surface area (Å²) in [6, 6.07) is 6.55. The molecule has 0 spiro atoms. The van der Waals surface area contributed by atoms with Crippen LogP contribution in [0.2, 0.25) is 10.0 Å². The molecule has 138 valence electrons. The van der Waals surface area contributed by atoms with Crippen LogP contribution in [-0.2, 0) is 11.4 Å². The van der Waals surface area contributed by atoms with Gasteiger partial charge in [0.05, 0.1) is 10.0 Å². The maximum atomic E-state index is 12.5. The largest absolute Gasteiger partial charge is 0.482 e. The van der Waals surface area contributed by atoms with Crippen LogP contribution in [0.1, 0.15) is 29.1 Å². The summed E-state index contributed by atoms with van der Waals surface area (Å²) in [5.74, 6) is -0.0411. The molecular formula is C17H17Cl2N3O4. The molecule has 2 heterocycles. The summed E-state index contributed by atoms with van der Waals surface area (Å²) < 4.78 is 10.7. The fraction of sp³-hybridized carbons (Fsp3) is 0.353. The van der Waals surface area contributed by atoms with Crippen molar-refractivity contribution in [2.45, 2.75) is 19.4 Å². The topological polar surface area (TPSA) is 98.7 Å². The summed E-state index contributed by atoms with van der Waals surface area (Å²) in [4.78, 5) is 25.3. The van der Waals surface area contributed by atoms with Gasteiger partial charge in [0.25, 0.3) is 5.91 Å². The van der Waals surface area contributed by atoms with Crippen molar-refractivity contribution in [1.29, 1.82) is 0 Å². The Kier molecular flexibility index (Phi) is 5.68. The van der Waals surface area contributed by atoms with Crippen molar-refractivity contribution >= 4 is 35.0 Å². The van der Waals surface area contributed by atoms with Gasteiger partial charge in [0.1, 0.15) is 6.61 Å². The quantitative estimate of drug-likeness (QED) is 0.835. The number of piperidine rings is 1. The number of nitrogens with two attached hydrogens (primary N) is 1. The van der Waals surface area contributed by atoms with E-state index < -0.39 is 0 Å². The number of amides is 2. The number of primary amides is 1. The van der Waals surface area contributed by atoms with Crippen molar-refractivity contribution in [2.24, 2.45) is 11.7 Å². The van der Waals surface area contributed by atoms with E-state index in [0.29, 0.717) is 47.5 Å². The van der Waals surface area contributed by atoms with Crippen LogP contribution in [0.4, 0.5) is 0 Å². The lowest BCUT2D eigenvalue weighted by Crippen LogP contribution is -2.41. The van der Waals surface area contributed by atoms with Crippen molar-refractivity contribution in [2.75, 3.05) is 13.1 Å². The van der Waals surface area contributed by atoms with E-state index in [1.54, 1.807) is 23.1 Å². The fourth-order valence-corrected chi connectivity index (χ4v) is 3.28. The first kappa shape index (κ1) is 18.5. The molecule has 1 aromatic heterocycles. The Labute approximate surface area is 160 Å². The molecule has 26 heavy (non-hydrogen) atoms. The average Bonchev–Trinajstić information content (AvgIpc) is 3.10. The number of aromatic nitrogens is 1. The highest BCUT2D eigenvalue weighted by Gasteiger charge is 2.28. The van der Waals surface area contributed by atoms with Crippen LogP contribution < -0.4 is 10.5 Å². The van der Waals surface area contributed by atoms with Gasteiger partial charge in [0.15, 0.2) is 17.2 Å². The van der Waals surface area contributed by atoms with E-state index in [9.17, 15) is 9.59 Å². The molecule has 0 atom stereocenters. The highest BCUT2D eigenvalue weighted by atomic mass is 35.5. The van der Waals surface area contributed by atoms with Crippen molar-refractivity contribution in [3.8, 4) is 5.75 Å². The van der Waals surface area contributed by atoms with Crippen molar-refractivity contribution < 1.29 is 18.8 Å². The molecule has 0 saturated carbocycles. The predicted octanol–water partition coefficient (Wildman–Crippen LogP) is 2.90. The number of benzene rings is 1. The normalized spacial score (nSPS) is 15.1. The third-order valence-corrected chi connectivity index (χ3v) is 4.84. The zero-order chi connectivity index (χ0) is 18.7. The molecule has 1 aliphatic heterocycles. The van der Waals surface area contributed by atoms with Gasteiger partial charge in [-0.2, -0.15) is 0 Å². The van der Waals surface area contributed by atoms with Gasteiger partial charge in [0.2, 0.25) is 5.91 Å². The van der Waals surface area contributed by atoms with Gasteiger partial charge in [0, 0.05) is 25.1 Å². The third-order valence-electron chi connectivity index (χ3n) is 4.24. The highest BCUT2D eigenvalue weighted by Crippen LogP contribution is 2.33.